The Kier molecular flexibility index (Phi) is 3.08. The molecule has 1 aliphatic carbocycles. The second kappa shape index (κ2) is 4.88. The zero-order valence-electron chi connectivity index (χ0n) is 12.5. The molecule has 1 aromatic heterocycles. The molecule has 3 atom stereocenters. The van der Waals surface area contributed by atoms with E-state index in [1.54, 1.807) is 6.07 Å². The van der Waals surface area contributed by atoms with Gasteiger partial charge in [-0.1, -0.05) is 12.1 Å². The van der Waals surface area contributed by atoms with Gasteiger partial charge in [-0.05, 0) is 49.8 Å². The molecule has 22 heavy (non-hydrogen) atoms. The molecule has 1 amide bonds. The van der Waals surface area contributed by atoms with E-state index in [-0.39, 0.29) is 11.7 Å². The van der Waals surface area contributed by atoms with Crippen molar-refractivity contribution in [3.05, 3.63) is 40.8 Å². The minimum Gasteiger partial charge on any atom is -0.334 e. The molecule has 3 nitrogen and oxygen atoms in total. The highest BCUT2D eigenvalue weighted by molar-refractivity contribution is 7.15. The molecule has 2 heterocycles. The van der Waals surface area contributed by atoms with Crippen molar-refractivity contribution >= 4 is 17.2 Å². The van der Waals surface area contributed by atoms with Gasteiger partial charge in [0.2, 0.25) is 0 Å². The lowest BCUT2D eigenvalue weighted by molar-refractivity contribution is 0.0715. The van der Waals surface area contributed by atoms with E-state index in [2.05, 4.69) is 11.9 Å². The number of halogens is 1. The number of amides is 1. The molecular weight excluding hydrogens is 299 g/mol. The van der Waals surface area contributed by atoms with Gasteiger partial charge < -0.3 is 4.90 Å². The number of benzene rings is 1. The molecule has 0 N–H and O–H groups in total. The Morgan fingerprint density at radius 1 is 1.45 bits per heavy atom. The maximum Gasteiger partial charge on any atom is 0.274 e. The molecular formula is C17H17FN2OS. The van der Waals surface area contributed by atoms with Crippen LogP contribution in [-0.2, 0) is 0 Å². The molecule has 114 valence electrons. The highest BCUT2D eigenvalue weighted by Crippen LogP contribution is 2.50. The summed E-state index contributed by atoms with van der Waals surface area (Å²) in [5.74, 6) is 1.04. The fourth-order valence-corrected chi connectivity index (χ4v) is 4.43. The number of aryl methyl sites for hydroxylation is 1. The van der Waals surface area contributed by atoms with Crippen LogP contribution in [0.3, 0.4) is 0 Å². The molecule has 5 heteroatoms. The first kappa shape index (κ1) is 13.9. The summed E-state index contributed by atoms with van der Waals surface area (Å²) in [7, 11) is 0. The zero-order chi connectivity index (χ0) is 15.4. The van der Waals surface area contributed by atoms with Gasteiger partial charge in [-0.25, -0.2) is 9.37 Å². The van der Waals surface area contributed by atoms with Gasteiger partial charge in [0, 0.05) is 12.6 Å². The van der Waals surface area contributed by atoms with Crippen molar-refractivity contribution < 1.29 is 9.18 Å². The predicted molar refractivity (Wildman–Crippen MR) is 84.3 cm³/mol. The van der Waals surface area contributed by atoms with E-state index >= 15 is 0 Å². The molecule has 1 saturated carbocycles. The summed E-state index contributed by atoms with van der Waals surface area (Å²) in [6, 6.07) is 6.67. The monoisotopic (exact) mass is 316 g/mol. The van der Waals surface area contributed by atoms with E-state index in [0.717, 1.165) is 22.0 Å². The molecule has 0 unspecified atom stereocenters. The van der Waals surface area contributed by atoms with Crippen LogP contribution in [0.15, 0.2) is 24.3 Å². The maximum absolute atomic E-state index is 13.5. The molecule has 0 spiro atoms. The second-order valence-electron chi connectivity index (χ2n) is 6.28. The zero-order valence-corrected chi connectivity index (χ0v) is 13.4. The first-order valence-corrected chi connectivity index (χ1v) is 8.40. The third-order valence-electron chi connectivity index (χ3n) is 4.80. The van der Waals surface area contributed by atoms with Gasteiger partial charge in [-0.2, -0.15) is 0 Å². The number of hydrogen-bond acceptors (Lipinski definition) is 3. The Morgan fingerprint density at radius 3 is 2.95 bits per heavy atom. The van der Waals surface area contributed by atoms with E-state index in [1.807, 2.05) is 17.9 Å². The summed E-state index contributed by atoms with van der Waals surface area (Å²) in [4.78, 5) is 20.0. The second-order valence-corrected chi connectivity index (χ2v) is 7.48. The van der Waals surface area contributed by atoms with E-state index in [4.69, 9.17) is 0 Å². The van der Waals surface area contributed by atoms with Gasteiger partial charge in [0.25, 0.3) is 5.91 Å². The minimum atomic E-state index is -0.294. The number of carbonyl (C=O) groups excluding carboxylic acids is 1. The number of nitrogens with zero attached hydrogens (tertiary/aromatic N) is 2. The van der Waals surface area contributed by atoms with Crippen LogP contribution in [0.2, 0.25) is 0 Å². The van der Waals surface area contributed by atoms with Crippen molar-refractivity contribution in [2.24, 2.45) is 11.8 Å². The Hall–Kier alpha value is -1.75. The highest BCUT2D eigenvalue weighted by Gasteiger charge is 2.52. The number of fused-ring (bicyclic) bond motifs is 1. The molecule has 1 saturated heterocycles. The first-order valence-electron chi connectivity index (χ1n) is 7.59. The molecule has 0 radical (unpaired) electrons. The highest BCUT2D eigenvalue weighted by atomic mass is 32.1. The molecule has 2 aliphatic rings. The Morgan fingerprint density at radius 2 is 2.27 bits per heavy atom. The summed E-state index contributed by atoms with van der Waals surface area (Å²) in [5.41, 5.74) is 1.20. The van der Waals surface area contributed by atoms with Crippen molar-refractivity contribution in [3.8, 4) is 10.4 Å². The Bertz CT molecular complexity index is 757. The number of rotatable bonds is 2. The topological polar surface area (TPSA) is 33.2 Å². The normalized spacial score (nSPS) is 26.1. The number of thiazole rings is 1. The maximum atomic E-state index is 13.5. The molecule has 1 aliphatic heterocycles. The molecule has 0 bridgehead atoms. The summed E-state index contributed by atoms with van der Waals surface area (Å²) >= 11 is 1.45. The number of likely N-dealkylation sites (tertiary alicyclic amines) is 1. The predicted octanol–water partition coefficient (Wildman–Crippen LogP) is 3.74. The van der Waals surface area contributed by atoms with E-state index in [0.29, 0.717) is 23.6 Å². The summed E-state index contributed by atoms with van der Waals surface area (Å²) < 4.78 is 13.5. The first-order chi connectivity index (χ1) is 10.5. The van der Waals surface area contributed by atoms with Crippen molar-refractivity contribution in [3.63, 3.8) is 0 Å². The molecule has 4 rings (SSSR count). The summed E-state index contributed by atoms with van der Waals surface area (Å²) in [6.07, 6.45) is 1.25. The van der Waals surface area contributed by atoms with Crippen LogP contribution in [0.4, 0.5) is 4.39 Å². The summed E-state index contributed by atoms with van der Waals surface area (Å²) in [5, 5.41) is 0.833. The molecule has 1 aromatic carbocycles. The molecule has 2 fully saturated rings. The number of piperidine rings is 1. The van der Waals surface area contributed by atoms with Crippen LogP contribution < -0.4 is 0 Å². The van der Waals surface area contributed by atoms with Crippen molar-refractivity contribution in [1.82, 2.24) is 9.88 Å². The lowest BCUT2D eigenvalue weighted by Crippen LogP contribution is -2.37. The van der Waals surface area contributed by atoms with Gasteiger partial charge in [-0.3, -0.25) is 4.79 Å². The van der Waals surface area contributed by atoms with Crippen LogP contribution in [0.1, 0.15) is 28.8 Å². The minimum absolute atomic E-state index is 0.0108. The van der Waals surface area contributed by atoms with Gasteiger partial charge >= 0.3 is 0 Å². The van der Waals surface area contributed by atoms with Crippen LogP contribution in [-0.4, -0.2) is 28.4 Å². The number of aromatic nitrogens is 1. The van der Waals surface area contributed by atoms with Gasteiger partial charge in [0.05, 0.1) is 9.88 Å². The van der Waals surface area contributed by atoms with Crippen LogP contribution in [0, 0.1) is 24.6 Å². The lowest BCUT2D eigenvalue weighted by atomic mass is 10.1. The van der Waals surface area contributed by atoms with E-state index < -0.39 is 0 Å². The lowest BCUT2D eigenvalue weighted by Gasteiger charge is -2.24. The van der Waals surface area contributed by atoms with E-state index in [9.17, 15) is 9.18 Å². The third kappa shape index (κ3) is 2.15. The van der Waals surface area contributed by atoms with Gasteiger partial charge in [0.15, 0.2) is 0 Å². The smallest absolute Gasteiger partial charge is 0.274 e. The Labute approximate surface area is 132 Å². The average molecular weight is 316 g/mol. The van der Waals surface area contributed by atoms with Crippen molar-refractivity contribution in [1.29, 1.82) is 0 Å². The largest absolute Gasteiger partial charge is 0.334 e. The Balaban J connectivity index is 1.71. The average Bonchev–Trinajstić information content (AvgIpc) is 3.05. The van der Waals surface area contributed by atoms with Gasteiger partial charge in [0.1, 0.15) is 11.5 Å². The van der Waals surface area contributed by atoms with Crippen LogP contribution in [0.25, 0.3) is 10.4 Å². The standard InChI is InChI=1S/C17H17FN2OS/c1-9-14-7-12(14)8-20(9)17(21)15-16(22-10(2)19-15)11-4-3-5-13(18)6-11/h3-6,9,12,14H,7-8H2,1-2H3/t9-,12-,14+/m0/s1. The third-order valence-corrected chi connectivity index (χ3v) is 5.82. The SMILES string of the molecule is Cc1nc(C(=O)N2C[C@@H]3C[C@@H]3[C@@H]2C)c(-c2cccc(F)c2)s1. The van der Waals surface area contributed by atoms with Gasteiger partial charge in [-0.15, -0.1) is 11.3 Å². The number of hydrogen-bond donors (Lipinski definition) is 0. The quantitative estimate of drug-likeness (QED) is 0.845. The van der Waals surface area contributed by atoms with Crippen molar-refractivity contribution in [2.45, 2.75) is 26.3 Å². The van der Waals surface area contributed by atoms with Crippen LogP contribution >= 0.6 is 11.3 Å². The van der Waals surface area contributed by atoms with Crippen LogP contribution in [0.5, 0.6) is 0 Å². The fourth-order valence-electron chi connectivity index (χ4n) is 3.52. The van der Waals surface area contributed by atoms with E-state index in [1.165, 1.54) is 29.9 Å². The van der Waals surface area contributed by atoms with Crippen molar-refractivity contribution in [2.75, 3.05) is 6.54 Å². The number of carbonyl (C=O) groups is 1. The fraction of sp³-hybridized carbons (Fsp3) is 0.412. The molecule has 2 aromatic rings. The summed E-state index contributed by atoms with van der Waals surface area (Å²) in [6.45, 7) is 4.84.